The van der Waals surface area contributed by atoms with Gasteiger partial charge in [-0.15, -0.1) is 0 Å². The van der Waals surface area contributed by atoms with Crippen molar-refractivity contribution in [2.45, 2.75) is 135 Å². The fourth-order valence-electron chi connectivity index (χ4n) is 3.52. The Hall–Kier alpha value is -0.130. The molecule has 0 aliphatic rings. The van der Waals surface area contributed by atoms with E-state index in [9.17, 15) is 13.0 Å². The smallest absolute Gasteiger partial charge is 0.217 e. The van der Waals surface area contributed by atoms with E-state index in [1.165, 1.54) is 109 Å². The first-order valence-electron chi connectivity index (χ1n) is 11.7. The highest BCUT2D eigenvalue weighted by Gasteiger charge is 1.97. The van der Waals surface area contributed by atoms with E-state index in [0.29, 0.717) is 6.42 Å². The summed E-state index contributed by atoms with van der Waals surface area (Å²) in [6.45, 7) is 2.31. The maximum absolute atomic E-state index is 10.3. The van der Waals surface area contributed by atoms with Crippen LogP contribution < -0.4 is 0 Å². The average molecular weight is 406 g/mol. The van der Waals surface area contributed by atoms with Crippen LogP contribution in [0.2, 0.25) is 0 Å². The number of hydrogen-bond donors (Lipinski definition) is 0. The molecule has 0 fully saturated rings. The Morgan fingerprint density at radius 3 is 1.04 bits per heavy atom. The quantitative estimate of drug-likeness (QED) is 0.108. The molecular formula is C22H45O4S-. The number of rotatable bonds is 22. The lowest BCUT2D eigenvalue weighted by molar-refractivity contribution is 0.255. The second-order valence-electron chi connectivity index (χ2n) is 7.95. The van der Waals surface area contributed by atoms with Crippen molar-refractivity contribution in [1.82, 2.24) is 0 Å². The van der Waals surface area contributed by atoms with E-state index in [1.807, 2.05) is 0 Å². The van der Waals surface area contributed by atoms with Crippen molar-refractivity contribution < 1.29 is 17.2 Å². The van der Waals surface area contributed by atoms with Crippen LogP contribution in [0.15, 0.2) is 0 Å². The Bertz CT molecular complexity index is 382. The Balaban J connectivity index is 3.03. The molecule has 0 spiro atoms. The Kier molecular flexibility index (Phi) is 20.5. The lowest BCUT2D eigenvalue weighted by Crippen LogP contribution is -2.05. The molecule has 0 atom stereocenters. The lowest BCUT2D eigenvalue weighted by atomic mass is 10.0. The minimum Gasteiger partial charge on any atom is -0.726 e. The van der Waals surface area contributed by atoms with Gasteiger partial charge in [-0.1, -0.05) is 129 Å². The second-order valence-corrected chi connectivity index (χ2v) is 9.00. The fourth-order valence-corrected chi connectivity index (χ4v) is 3.84. The summed E-state index contributed by atoms with van der Waals surface area (Å²) >= 11 is 0. The zero-order valence-electron chi connectivity index (χ0n) is 17.9. The van der Waals surface area contributed by atoms with Crippen LogP contribution in [0.3, 0.4) is 0 Å². The predicted octanol–water partition coefficient (Wildman–Crippen LogP) is 7.29. The van der Waals surface area contributed by atoms with Gasteiger partial charge in [-0.05, 0) is 6.42 Å². The summed E-state index contributed by atoms with van der Waals surface area (Å²) < 4.78 is 34.9. The molecule has 0 rings (SSSR count). The van der Waals surface area contributed by atoms with Gasteiger partial charge in [-0.25, -0.2) is 8.42 Å². The molecule has 0 saturated heterocycles. The first kappa shape index (κ1) is 26.9. The molecule has 0 aromatic heterocycles. The van der Waals surface area contributed by atoms with E-state index < -0.39 is 10.4 Å². The zero-order chi connectivity index (χ0) is 20.1. The third kappa shape index (κ3) is 25.9. The van der Waals surface area contributed by atoms with Gasteiger partial charge in [0.2, 0.25) is 10.4 Å². The molecular weight excluding hydrogens is 360 g/mol. The molecule has 4 nitrogen and oxygen atoms in total. The van der Waals surface area contributed by atoms with Crippen LogP contribution in [-0.4, -0.2) is 19.6 Å². The van der Waals surface area contributed by atoms with E-state index in [0.717, 1.165) is 12.8 Å². The van der Waals surface area contributed by atoms with Crippen molar-refractivity contribution in [3.63, 3.8) is 0 Å². The van der Waals surface area contributed by atoms with Gasteiger partial charge < -0.3 is 4.55 Å². The van der Waals surface area contributed by atoms with Gasteiger partial charge in [0.15, 0.2) is 0 Å². The largest absolute Gasteiger partial charge is 0.726 e. The predicted molar refractivity (Wildman–Crippen MR) is 114 cm³/mol. The van der Waals surface area contributed by atoms with Crippen LogP contribution in [0, 0.1) is 0 Å². The van der Waals surface area contributed by atoms with Gasteiger partial charge in [0, 0.05) is 0 Å². The van der Waals surface area contributed by atoms with E-state index in [1.54, 1.807) is 0 Å². The van der Waals surface area contributed by atoms with E-state index in [4.69, 9.17) is 0 Å². The SMILES string of the molecule is CCCCCCCCCCCCCCCCCCCCCCOS(=O)(=O)[O-]. The van der Waals surface area contributed by atoms with E-state index >= 15 is 0 Å². The first-order valence-corrected chi connectivity index (χ1v) is 13.0. The van der Waals surface area contributed by atoms with Crippen LogP contribution in [0.25, 0.3) is 0 Å². The number of unbranched alkanes of at least 4 members (excludes halogenated alkanes) is 19. The molecule has 0 bridgehead atoms. The first-order chi connectivity index (χ1) is 13.1. The minimum absolute atomic E-state index is 0.0325. The molecule has 0 aliphatic carbocycles. The molecule has 0 aromatic rings. The molecule has 0 aromatic carbocycles. The molecule has 0 N–H and O–H groups in total. The maximum atomic E-state index is 10.3. The van der Waals surface area contributed by atoms with Crippen molar-refractivity contribution in [2.24, 2.45) is 0 Å². The summed E-state index contributed by atoms with van der Waals surface area (Å²) in [7, 11) is -4.50. The third-order valence-corrected chi connectivity index (χ3v) is 5.68. The summed E-state index contributed by atoms with van der Waals surface area (Å²) in [5.74, 6) is 0. The standard InChI is InChI=1S/C22H46O4S/c1-2-3-4-5-6-7-8-9-10-11-12-13-14-15-16-17-18-19-20-21-22-26-27(23,24)25/h2-22H2,1H3,(H,23,24,25)/p-1. The van der Waals surface area contributed by atoms with Gasteiger partial charge in [0.05, 0.1) is 6.61 Å². The van der Waals surface area contributed by atoms with E-state index in [2.05, 4.69) is 11.1 Å². The van der Waals surface area contributed by atoms with Gasteiger partial charge in [0.25, 0.3) is 0 Å². The average Bonchev–Trinajstić information content (AvgIpc) is 2.62. The molecule has 0 unspecified atom stereocenters. The Labute approximate surface area is 169 Å². The van der Waals surface area contributed by atoms with Crippen LogP contribution in [-0.2, 0) is 14.6 Å². The van der Waals surface area contributed by atoms with Gasteiger partial charge in [-0.2, -0.15) is 0 Å². The van der Waals surface area contributed by atoms with Crippen molar-refractivity contribution in [3.8, 4) is 0 Å². The summed E-state index contributed by atoms with van der Waals surface area (Å²) in [4.78, 5) is 0. The van der Waals surface area contributed by atoms with Gasteiger partial charge in [0.1, 0.15) is 0 Å². The highest BCUT2D eigenvalue weighted by atomic mass is 32.3. The molecule has 0 amide bonds. The third-order valence-electron chi connectivity index (χ3n) is 5.23. The molecule has 5 heteroatoms. The normalized spacial score (nSPS) is 11.9. The van der Waals surface area contributed by atoms with Crippen molar-refractivity contribution in [1.29, 1.82) is 0 Å². The Morgan fingerprint density at radius 1 is 0.519 bits per heavy atom. The highest BCUT2D eigenvalue weighted by Crippen LogP contribution is 2.14. The van der Waals surface area contributed by atoms with E-state index in [-0.39, 0.29) is 6.61 Å². The minimum atomic E-state index is -4.50. The van der Waals surface area contributed by atoms with Crippen LogP contribution in [0.4, 0.5) is 0 Å². The fraction of sp³-hybridized carbons (Fsp3) is 1.00. The van der Waals surface area contributed by atoms with Gasteiger partial charge >= 0.3 is 0 Å². The van der Waals surface area contributed by atoms with Crippen LogP contribution in [0.1, 0.15) is 135 Å². The molecule has 27 heavy (non-hydrogen) atoms. The summed E-state index contributed by atoms with van der Waals surface area (Å²) in [6.07, 6.45) is 26.2. The van der Waals surface area contributed by atoms with Gasteiger partial charge in [-0.3, -0.25) is 4.18 Å². The topological polar surface area (TPSA) is 66.4 Å². The Morgan fingerprint density at radius 2 is 0.778 bits per heavy atom. The summed E-state index contributed by atoms with van der Waals surface area (Å²) in [5.41, 5.74) is 0. The zero-order valence-corrected chi connectivity index (χ0v) is 18.7. The van der Waals surface area contributed by atoms with Crippen LogP contribution in [0.5, 0.6) is 0 Å². The van der Waals surface area contributed by atoms with Crippen molar-refractivity contribution in [2.75, 3.05) is 6.61 Å². The molecule has 0 aliphatic heterocycles. The lowest BCUT2D eigenvalue weighted by Gasteiger charge is -2.07. The number of hydrogen-bond acceptors (Lipinski definition) is 4. The second kappa shape index (κ2) is 20.6. The highest BCUT2D eigenvalue weighted by molar-refractivity contribution is 7.80. The summed E-state index contributed by atoms with van der Waals surface area (Å²) in [5, 5.41) is 0. The molecule has 0 heterocycles. The van der Waals surface area contributed by atoms with Crippen molar-refractivity contribution in [3.05, 3.63) is 0 Å². The monoisotopic (exact) mass is 405 g/mol. The maximum Gasteiger partial charge on any atom is 0.217 e. The van der Waals surface area contributed by atoms with Crippen LogP contribution >= 0.6 is 0 Å². The molecule has 0 radical (unpaired) electrons. The van der Waals surface area contributed by atoms with Crippen molar-refractivity contribution >= 4 is 10.4 Å². The molecule has 0 saturated carbocycles. The molecule has 164 valence electrons. The summed E-state index contributed by atoms with van der Waals surface area (Å²) in [6, 6.07) is 0.